The van der Waals surface area contributed by atoms with Crippen molar-refractivity contribution in [1.82, 2.24) is 20.1 Å². The average Bonchev–Trinajstić information content (AvgIpc) is 3.43. The van der Waals surface area contributed by atoms with Crippen molar-refractivity contribution in [3.05, 3.63) is 78.1 Å². The van der Waals surface area contributed by atoms with Gasteiger partial charge in [-0.3, -0.25) is 10.00 Å². The van der Waals surface area contributed by atoms with E-state index in [2.05, 4.69) is 50.4 Å². The van der Waals surface area contributed by atoms with Gasteiger partial charge in [-0.25, -0.2) is 4.39 Å². The third kappa shape index (κ3) is 3.59. The Balaban J connectivity index is 1.32. The average molecular weight is 425 g/mol. The Hall–Kier alpha value is -3.44. The molecule has 0 amide bonds. The zero-order chi connectivity index (χ0) is 21.5. The molecular formula is C27H25FN4. The number of halogens is 1. The standard InChI is InChI=1S/C27H25FN4/c28-22-6-4-5-19(14-22)20-8-9-23-25(15-20)30-31-27(23)26-16-21-13-18(7-10-24(21)29-26)17-32-11-2-1-3-12-32/h4-10,13-16,29H,1-3,11-12,17H2,(H,30,31). The Kier molecular flexibility index (Phi) is 4.76. The molecule has 1 aliphatic heterocycles. The van der Waals surface area contributed by atoms with Gasteiger partial charge in [-0.2, -0.15) is 5.10 Å². The molecule has 1 fully saturated rings. The second kappa shape index (κ2) is 7.92. The van der Waals surface area contributed by atoms with Crippen LogP contribution < -0.4 is 0 Å². The fourth-order valence-corrected chi connectivity index (χ4v) is 4.86. The molecule has 5 heteroatoms. The van der Waals surface area contributed by atoms with E-state index in [4.69, 9.17) is 0 Å². The second-order valence-corrected chi connectivity index (χ2v) is 8.78. The number of nitrogens with zero attached hydrogens (tertiary/aromatic N) is 2. The molecule has 2 N–H and O–H groups in total. The van der Waals surface area contributed by atoms with Gasteiger partial charge in [0.05, 0.1) is 11.2 Å². The van der Waals surface area contributed by atoms with E-state index in [1.54, 1.807) is 12.1 Å². The van der Waals surface area contributed by atoms with Crippen molar-refractivity contribution in [2.24, 2.45) is 0 Å². The minimum atomic E-state index is -0.231. The van der Waals surface area contributed by atoms with Crippen molar-refractivity contribution in [1.29, 1.82) is 0 Å². The quantitative estimate of drug-likeness (QED) is 0.346. The van der Waals surface area contributed by atoms with Gasteiger partial charge in [0, 0.05) is 22.8 Å². The molecule has 1 saturated heterocycles. The Labute approximate surface area is 186 Å². The zero-order valence-electron chi connectivity index (χ0n) is 17.9. The largest absolute Gasteiger partial charge is 0.353 e. The summed E-state index contributed by atoms with van der Waals surface area (Å²) in [6.45, 7) is 3.42. The first-order valence-electron chi connectivity index (χ1n) is 11.3. The maximum absolute atomic E-state index is 13.6. The van der Waals surface area contributed by atoms with Crippen LogP contribution >= 0.6 is 0 Å². The van der Waals surface area contributed by atoms with Gasteiger partial charge in [-0.15, -0.1) is 0 Å². The summed E-state index contributed by atoms with van der Waals surface area (Å²) in [5.41, 5.74) is 7.14. The summed E-state index contributed by atoms with van der Waals surface area (Å²) >= 11 is 0. The van der Waals surface area contributed by atoms with Gasteiger partial charge in [0.15, 0.2) is 0 Å². The maximum Gasteiger partial charge on any atom is 0.123 e. The molecule has 3 heterocycles. The Bertz CT molecular complexity index is 1410. The molecule has 0 saturated carbocycles. The summed E-state index contributed by atoms with van der Waals surface area (Å²) in [5.74, 6) is -0.231. The summed E-state index contributed by atoms with van der Waals surface area (Å²) in [4.78, 5) is 6.08. The van der Waals surface area contributed by atoms with Crippen molar-refractivity contribution in [2.45, 2.75) is 25.8 Å². The van der Waals surface area contributed by atoms with Crippen molar-refractivity contribution in [2.75, 3.05) is 13.1 Å². The topological polar surface area (TPSA) is 47.7 Å². The number of H-pyrrole nitrogens is 2. The fourth-order valence-electron chi connectivity index (χ4n) is 4.86. The van der Waals surface area contributed by atoms with Crippen LogP contribution in [0.4, 0.5) is 4.39 Å². The molecule has 4 nitrogen and oxygen atoms in total. The Morgan fingerprint density at radius 2 is 1.72 bits per heavy atom. The number of benzene rings is 3. The first-order valence-corrected chi connectivity index (χ1v) is 11.3. The van der Waals surface area contributed by atoms with Crippen LogP contribution in [-0.4, -0.2) is 33.2 Å². The van der Waals surface area contributed by atoms with Crippen LogP contribution in [0.2, 0.25) is 0 Å². The van der Waals surface area contributed by atoms with Gasteiger partial charge in [0.2, 0.25) is 0 Å². The van der Waals surface area contributed by atoms with Gasteiger partial charge in [0.1, 0.15) is 11.5 Å². The number of aromatic amines is 2. The molecule has 0 unspecified atom stereocenters. The lowest BCUT2D eigenvalue weighted by Crippen LogP contribution is -2.28. The molecule has 2 aromatic heterocycles. The van der Waals surface area contributed by atoms with Crippen molar-refractivity contribution < 1.29 is 4.39 Å². The van der Waals surface area contributed by atoms with Crippen LogP contribution in [0.25, 0.3) is 44.3 Å². The highest BCUT2D eigenvalue weighted by Gasteiger charge is 2.14. The van der Waals surface area contributed by atoms with E-state index in [0.29, 0.717) is 0 Å². The van der Waals surface area contributed by atoms with Gasteiger partial charge >= 0.3 is 0 Å². The predicted molar refractivity (Wildman–Crippen MR) is 128 cm³/mol. The van der Waals surface area contributed by atoms with Crippen LogP contribution in [-0.2, 0) is 6.54 Å². The molecule has 0 aliphatic carbocycles. The molecule has 160 valence electrons. The van der Waals surface area contributed by atoms with Gasteiger partial charge in [0.25, 0.3) is 0 Å². The minimum absolute atomic E-state index is 0.231. The second-order valence-electron chi connectivity index (χ2n) is 8.78. The smallest absolute Gasteiger partial charge is 0.123 e. The minimum Gasteiger partial charge on any atom is -0.353 e. The van der Waals surface area contributed by atoms with E-state index in [1.165, 1.54) is 49.4 Å². The monoisotopic (exact) mass is 424 g/mol. The van der Waals surface area contributed by atoms with Crippen LogP contribution in [0.1, 0.15) is 24.8 Å². The number of hydrogen-bond donors (Lipinski definition) is 2. The number of nitrogens with one attached hydrogen (secondary N) is 2. The zero-order valence-corrected chi connectivity index (χ0v) is 17.9. The molecule has 0 atom stereocenters. The number of piperidine rings is 1. The number of likely N-dealkylation sites (tertiary alicyclic amines) is 1. The maximum atomic E-state index is 13.6. The van der Waals surface area contributed by atoms with Crippen molar-refractivity contribution >= 4 is 21.8 Å². The van der Waals surface area contributed by atoms with Crippen LogP contribution in [0.5, 0.6) is 0 Å². The molecule has 0 bridgehead atoms. The summed E-state index contributed by atoms with van der Waals surface area (Å²) in [6.07, 6.45) is 3.98. The summed E-state index contributed by atoms with van der Waals surface area (Å²) < 4.78 is 13.6. The van der Waals surface area contributed by atoms with Gasteiger partial charge in [-0.05, 0) is 85.1 Å². The van der Waals surface area contributed by atoms with E-state index >= 15 is 0 Å². The predicted octanol–water partition coefficient (Wildman–Crippen LogP) is 6.50. The number of fused-ring (bicyclic) bond motifs is 2. The van der Waals surface area contributed by atoms with E-state index in [1.807, 2.05) is 18.2 Å². The summed E-state index contributed by atoms with van der Waals surface area (Å²) in [6, 6.07) is 21.7. The molecule has 1 aliphatic rings. The highest BCUT2D eigenvalue weighted by molar-refractivity contribution is 5.97. The van der Waals surface area contributed by atoms with Crippen LogP contribution in [0, 0.1) is 5.82 Å². The third-order valence-corrected chi connectivity index (χ3v) is 6.52. The van der Waals surface area contributed by atoms with Crippen molar-refractivity contribution in [3.63, 3.8) is 0 Å². The highest BCUT2D eigenvalue weighted by Crippen LogP contribution is 2.32. The molecule has 6 rings (SSSR count). The van der Waals surface area contributed by atoms with Crippen LogP contribution in [0.3, 0.4) is 0 Å². The third-order valence-electron chi connectivity index (χ3n) is 6.52. The van der Waals surface area contributed by atoms with Crippen LogP contribution in [0.15, 0.2) is 66.7 Å². The fraction of sp³-hybridized carbons (Fsp3) is 0.222. The lowest BCUT2D eigenvalue weighted by Gasteiger charge is -2.26. The van der Waals surface area contributed by atoms with Gasteiger partial charge < -0.3 is 4.98 Å². The summed E-state index contributed by atoms with van der Waals surface area (Å²) in [7, 11) is 0. The van der Waals surface area contributed by atoms with Gasteiger partial charge in [-0.1, -0.05) is 30.7 Å². The molecule has 32 heavy (non-hydrogen) atoms. The van der Waals surface area contributed by atoms with Crippen molar-refractivity contribution in [3.8, 4) is 22.5 Å². The normalized spacial score (nSPS) is 15.0. The molecule has 5 aromatic rings. The molecular weight excluding hydrogens is 399 g/mol. The number of hydrogen-bond acceptors (Lipinski definition) is 2. The molecule has 0 spiro atoms. The SMILES string of the molecule is Fc1cccc(-c2ccc3c(-c4cc5cc(CN6CCCCC6)ccc5[nH]4)n[nH]c3c2)c1. The van der Waals surface area contributed by atoms with E-state index < -0.39 is 0 Å². The van der Waals surface area contributed by atoms with E-state index in [0.717, 1.165) is 45.5 Å². The first-order chi connectivity index (χ1) is 15.7. The first kappa shape index (κ1) is 19.3. The van der Waals surface area contributed by atoms with E-state index in [9.17, 15) is 4.39 Å². The number of aromatic nitrogens is 3. The Morgan fingerprint density at radius 3 is 2.59 bits per heavy atom. The Morgan fingerprint density at radius 1 is 0.844 bits per heavy atom. The molecule has 3 aromatic carbocycles. The molecule has 0 radical (unpaired) electrons. The lowest BCUT2D eigenvalue weighted by molar-refractivity contribution is 0.221. The number of rotatable bonds is 4. The lowest BCUT2D eigenvalue weighted by atomic mass is 10.0. The van der Waals surface area contributed by atoms with E-state index in [-0.39, 0.29) is 5.82 Å². The highest BCUT2D eigenvalue weighted by atomic mass is 19.1. The summed E-state index contributed by atoms with van der Waals surface area (Å²) in [5, 5.41) is 10.00.